The van der Waals surface area contributed by atoms with Crippen LogP contribution in [0.1, 0.15) is 11.1 Å². The molecule has 0 N–H and O–H groups in total. The van der Waals surface area contributed by atoms with Crippen LogP contribution in [0.3, 0.4) is 0 Å². The van der Waals surface area contributed by atoms with Gasteiger partial charge in [0.1, 0.15) is 0 Å². The van der Waals surface area contributed by atoms with Crippen LogP contribution in [0.4, 0.5) is 0 Å². The number of halogens is 2. The van der Waals surface area contributed by atoms with Crippen molar-refractivity contribution in [3.05, 3.63) is 64.4 Å². The lowest BCUT2D eigenvalue weighted by atomic mass is 10.2. The number of aryl methyl sites for hydroxylation is 1. The molecule has 1 heterocycles. The molecule has 0 bridgehead atoms. The molecule has 84 valence electrons. The summed E-state index contributed by atoms with van der Waals surface area (Å²) in [4.78, 5) is 0. The largest absolute Gasteiger partial charge is 1.00 e. The Morgan fingerprint density at radius 3 is 2.12 bits per heavy atom. The summed E-state index contributed by atoms with van der Waals surface area (Å²) in [5.74, 6) is 0. The molecule has 16 heavy (non-hydrogen) atoms. The van der Waals surface area contributed by atoms with E-state index in [1.54, 1.807) is 0 Å². The lowest BCUT2D eigenvalue weighted by Crippen LogP contribution is -3.00. The third kappa shape index (κ3) is 3.72. The Balaban J connectivity index is 0.00000128. The highest BCUT2D eigenvalue weighted by molar-refractivity contribution is 9.10. The molecule has 0 atom stereocenters. The summed E-state index contributed by atoms with van der Waals surface area (Å²) in [6.45, 7) is 3.03. The van der Waals surface area contributed by atoms with E-state index >= 15 is 0 Å². The molecule has 0 fully saturated rings. The van der Waals surface area contributed by atoms with Crippen LogP contribution in [0.2, 0.25) is 0 Å². The molecule has 3 heteroatoms. The van der Waals surface area contributed by atoms with Crippen LogP contribution in [0.25, 0.3) is 0 Å². The van der Waals surface area contributed by atoms with Crippen molar-refractivity contribution in [1.82, 2.24) is 0 Å². The van der Waals surface area contributed by atoms with Gasteiger partial charge in [0.05, 0.1) is 0 Å². The van der Waals surface area contributed by atoms with Crippen molar-refractivity contribution in [2.45, 2.75) is 13.5 Å². The highest BCUT2D eigenvalue weighted by Crippen LogP contribution is 2.10. The molecule has 2 aromatic rings. The molecule has 0 aliphatic heterocycles. The minimum atomic E-state index is 0. The SMILES string of the molecule is Cc1cc[n+](Cc2ccc(Br)cc2)cc1.[Br-]. The molecular formula is C13H13Br2N. The van der Waals surface area contributed by atoms with Crippen molar-refractivity contribution in [2.24, 2.45) is 0 Å². The minimum Gasteiger partial charge on any atom is -1.00 e. The number of nitrogens with zero attached hydrogens (tertiary/aromatic N) is 1. The summed E-state index contributed by atoms with van der Waals surface area (Å²) in [6.07, 6.45) is 4.22. The van der Waals surface area contributed by atoms with E-state index in [2.05, 4.69) is 76.2 Å². The van der Waals surface area contributed by atoms with Crippen LogP contribution in [0, 0.1) is 6.92 Å². The first-order valence-electron chi connectivity index (χ1n) is 4.94. The van der Waals surface area contributed by atoms with Crippen molar-refractivity contribution in [1.29, 1.82) is 0 Å². The van der Waals surface area contributed by atoms with Crippen molar-refractivity contribution < 1.29 is 21.5 Å². The quantitative estimate of drug-likeness (QED) is 0.681. The van der Waals surface area contributed by atoms with Gasteiger partial charge in [-0.15, -0.1) is 0 Å². The Labute approximate surface area is 115 Å². The van der Waals surface area contributed by atoms with E-state index in [0.29, 0.717) is 0 Å². The third-order valence-corrected chi connectivity index (χ3v) is 2.86. The molecule has 0 spiro atoms. The molecule has 0 saturated heterocycles. The van der Waals surface area contributed by atoms with E-state index in [4.69, 9.17) is 0 Å². The molecule has 1 aromatic heterocycles. The highest BCUT2D eigenvalue weighted by Gasteiger charge is 2.01. The standard InChI is InChI=1S/C13H13BrN.BrH/c1-11-6-8-15(9-7-11)10-12-2-4-13(14)5-3-12;/h2-9H,10H2,1H3;1H/q+1;/p-1. The van der Waals surface area contributed by atoms with E-state index in [-0.39, 0.29) is 17.0 Å². The van der Waals surface area contributed by atoms with E-state index in [0.717, 1.165) is 11.0 Å². The van der Waals surface area contributed by atoms with Gasteiger partial charge >= 0.3 is 0 Å². The first kappa shape index (κ1) is 13.4. The summed E-state index contributed by atoms with van der Waals surface area (Å²) in [5, 5.41) is 0. The number of benzene rings is 1. The van der Waals surface area contributed by atoms with Crippen LogP contribution >= 0.6 is 15.9 Å². The predicted molar refractivity (Wildman–Crippen MR) is 64.6 cm³/mol. The van der Waals surface area contributed by atoms with Crippen molar-refractivity contribution in [3.8, 4) is 0 Å². The van der Waals surface area contributed by atoms with Gasteiger partial charge in [-0.3, -0.25) is 0 Å². The first-order valence-corrected chi connectivity index (χ1v) is 5.73. The summed E-state index contributed by atoms with van der Waals surface area (Å²) in [5.41, 5.74) is 2.61. The molecule has 1 aromatic carbocycles. The monoisotopic (exact) mass is 341 g/mol. The fourth-order valence-corrected chi connectivity index (χ4v) is 1.70. The van der Waals surface area contributed by atoms with Crippen LogP contribution in [0.5, 0.6) is 0 Å². The van der Waals surface area contributed by atoms with Crippen LogP contribution in [0.15, 0.2) is 53.3 Å². The van der Waals surface area contributed by atoms with Gasteiger partial charge in [-0.2, -0.15) is 0 Å². The Morgan fingerprint density at radius 2 is 1.56 bits per heavy atom. The topological polar surface area (TPSA) is 3.88 Å². The van der Waals surface area contributed by atoms with Gasteiger partial charge in [0, 0.05) is 22.2 Å². The molecule has 2 rings (SSSR count). The predicted octanol–water partition coefficient (Wildman–Crippen LogP) is 0.0973. The maximum Gasteiger partial charge on any atom is 0.173 e. The Morgan fingerprint density at radius 1 is 1.00 bits per heavy atom. The number of hydrogen-bond acceptors (Lipinski definition) is 0. The van der Waals surface area contributed by atoms with Gasteiger partial charge in [0.25, 0.3) is 0 Å². The van der Waals surface area contributed by atoms with E-state index in [9.17, 15) is 0 Å². The Bertz CT molecular complexity index is 391. The second-order valence-corrected chi connectivity index (χ2v) is 4.59. The Kier molecular flexibility index (Phi) is 5.16. The Hall–Kier alpha value is -0.670. The van der Waals surface area contributed by atoms with E-state index in [1.165, 1.54) is 11.1 Å². The maximum atomic E-state index is 3.43. The zero-order valence-corrected chi connectivity index (χ0v) is 12.2. The van der Waals surface area contributed by atoms with Crippen LogP contribution in [-0.2, 0) is 6.54 Å². The summed E-state index contributed by atoms with van der Waals surface area (Å²) >= 11 is 3.43. The van der Waals surface area contributed by atoms with Gasteiger partial charge < -0.3 is 17.0 Å². The molecule has 0 radical (unpaired) electrons. The smallest absolute Gasteiger partial charge is 0.173 e. The van der Waals surface area contributed by atoms with Gasteiger partial charge in [-0.05, 0) is 24.6 Å². The molecular weight excluding hydrogens is 330 g/mol. The van der Waals surface area contributed by atoms with Crippen molar-refractivity contribution in [2.75, 3.05) is 0 Å². The lowest BCUT2D eigenvalue weighted by Gasteiger charge is -1.98. The number of pyridine rings is 1. The summed E-state index contributed by atoms with van der Waals surface area (Å²) in [7, 11) is 0. The van der Waals surface area contributed by atoms with Crippen LogP contribution in [-0.4, -0.2) is 0 Å². The normalized spacial score (nSPS) is 9.62. The third-order valence-electron chi connectivity index (χ3n) is 2.34. The molecule has 1 nitrogen and oxygen atoms in total. The lowest BCUT2D eigenvalue weighted by molar-refractivity contribution is -0.688. The van der Waals surface area contributed by atoms with Gasteiger partial charge in [-0.25, -0.2) is 4.57 Å². The van der Waals surface area contributed by atoms with E-state index in [1.807, 2.05) is 0 Å². The minimum absolute atomic E-state index is 0. The first-order chi connectivity index (χ1) is 7.24. The fourth-order valence-electron chi connectivity index (χ4n) is 1.44. The number of rotatable bonds is 2. The average Bonchev–Trinajstić information content (AvgIpc) is 2.25. The summed E-state index contributed by atoms with van der Waals surface area (Å²) in [6, 6.07) is 12.7. The number of aromatic nitrogens is 1. The van der Waals surface area contributed by atoms with Crippen molar-refractivity contribution >= 4 is 15.9 Å². The zero-order valence-electron chi connectivity index (χ0n) is 9.03. The molecule has 0 amide bonds. The fraction of sp³-hybridized carbons (Fsp3) is 0.154. The van der Waals surface area contributed by atoms with E-state index < -0.39 is 0 Å². The van der Waals surface area contributed by atoms with Gasteiger partial charge in [0.2, 0.25) is 0 Å². The maximum absolute atomic E-state index is 3.43. The van der Waals surface area contributed by atoms with Gasteiger partial charge in [-0.1, -0.05) is 28.1 Å². The van der Waals surface area contributed by atoms with Crippen molar-refractivity contribution in [3.63, 3.8) is 0 Å². The summed E-state index contributed by atoms with van der Waals surface area (Å²) < 4.78 is 3.30. The number of hydrogen-bond donors (Lipinski definition) is 0. The zero-order chi connectivity index (χ0) is 10.7. The molecule has 0 aliphatic carbocycles. The second kappa shape index (κ2) is 6.16. The van der Waals surface area contributed by atoms with Gasteiger partial charge in [0.15, 0.2) is 18.9 Å². The molecule has 0 aliphatic rings. The van der Waals surface area contributed by atoms with Crippen LogP contribution < -0.4 is 21.5 Å². The highest BCUT2D eigenvalue weighted by atomic mass is 79.9. The molecule has 0 unspecified atom stereocenters. The average molecular weight is 343 g/mol. The molecule has 0 saturated carbocycles. The second-order valence-electron chi connectivity index (χ2n) is 3.67.